The standard InChI is InChI=1S/C23H29F3N4O4/c1-22(2,32)12-19-27-20(34-28-19)17-10-16(15-4-3-5-18(11-15)23(24,25)26)13-30(14-17)21(31)29-6-8-33-9-7-29/h3-5,11,16-17,32H,6-10,12-14H2,1-2H3. The van der Waals surface area contributed by atoms with E-state index in [9.17, 15) is 23.1 Å². The van der Waals surface area contributed by atoms with Gasteiger partial charge in [0, 0.05) is 38.5 Å². The molecule has 0 saturated carbocycles. The fraction of sp³-hybridized carbons (Fsp3) is 0.609. The Morgan fingerprint density at radius 1 is 1.15 bits per heavy atom. The van der Waals surface area contributed by atoms with Crippen molar-refractivity contribution in [2.24, 2.45) is 0 Å². The van der Waals surface area contributed by atoms with Gasteiger partial charge in [0.1, 0.15) is 0 Å². The molecule has 1 aromatic heterocycles. The van der Waals surface area contributed by atoms with E-state index in [2.05, 4.69) is 10.1 Å². The molecule has 1 N–H and O–H groups in total. The number of carbonyl (C=O) groups is 1. The highest BCUT2D eigenvalue weighted by atomic mass is 19.4. The molecule has 11 heteroatoms. The van der Waals surface area contributed by atoms with Gasteiger partial charge in [0.2, 0.25) is 5.89 Å². The van der Waals surface area contributed by atoms with Crippen LogP contribution in [0.5, 0.6) is 0 Å². The van der Waals surface area contributed by atoms with E-state index in [1.807, 2.05) is 0 Å². The van der Waals surface area contributed by atoms with Gasteiger partial charge in [-0.1, -0.05) is 23.4 Å². The molecule has 2 aliphatic rings. The summed E-state index contributed by atoms with van der Waals surface area (Å²) in [5.41, 5.74) is -1.23. The smallest absolute Gasteiger partial charge is 0.390 e. The van der Waals surface area contributed by atoms with Gasteiger partial charge in [-0.3, -0.25) is 0 Å². The first kappa shape index (κ1) is 24.5. The number of aliphatic hydroxyl groups is 1. The van der Waals surface area contributed by atoms with Gasteiger partial charge in [0.15, 0.2) is 5.82 Å². The Morgan fingerprint density at radius 3 is 2.53 bits per heavy atom. The van der Waals surface area contributed by atoms with Gasteiger partial charge >= 0.3 is 12.2 Å². The number of hydrogen-bond acceptors (Lipinski definition) is 6. The Kier molecular flexibility index (Phi) is 6.86. The number of amides is 2. The van der Waals surface area contributed by atoms with E-state index in [0.717, 1.165) is 12.1 Å². The van der Waals surface area contributed by atoms with Crippen LogP contribution < -0.4 is 0 Å². The Balaban J connectivity index is 1.61. The molecule has 2 saturated heterocycles. The van der Waals surface area contributed by atoms with Crippen LogP contribution in [0.4, 0.5) is 18.0 Å². The topological polar surface area (TPSA) is 91.9 Å². The highest BCUT2D eigenvalue weighted by Gasteiger charge is 2.38. The summed E-state index contributed by atoms with van der Waals surface area (Å²) in [5, 5.41) is 14.0. The number of urea groups is 1. The largest absolute Gasteiger partial charge is 0.416 e. The number of halogens is 3. The zero-order valence-electron chi connectivity index (χ0n) is 19.2. The van der Waals surface area contributed by atoms with Crippen LogP contribution in [0.3, 0.4) is 0 Å². The molecule has 2 fully saturated rings. The van der Waals surface area contributed by atoms with Crippen molar-refractivity contribution in [1.29, 1.82) is 0 Å². The lowest BCUT2D eigenvalue weighted by Gasteiger charge is -2.40. The molecular formula is C23H29F3N4O4. The van der Waals surface area contributed by atoms with E-state index in [-0.39, 0.29) is 24.3 Å². The Bertz CT molecular complexity index is 999. The Hall–Kier alpha value is -2.66. The first-order valence-corrected chi connectivity index (χ1v) is 11.3. The molecule has 8 nitrogen and oxygen atoms in total. The second kappa shape index (κ2) is 9.53. The number of benzene rings is 1. The maximum atomic E-state index is 13.3. The quantitative estimate of drug-likeness (QED) is 0.718. The summed E-state index contributed by atoms with van der Waals surface area (Å²) < 4.78 is 50.8. The van der Waals surface area contributed by atoms with Crippen molar-refractivity contribution < 1.29 is 32.3 Å². The molecule has 2 atom stereocenters. The fourth-order valence-corrected chi connectivity index (χ4v) is 4.49. The summed E-state index contributed by atoms with van der Waals surface area (Å²) in [6, 6.07) is 5.07. The third-order valence-electron chi connectivity index (χ3n) is 6.11. The summed E-state index contributed by atoms with van der Waals surface area (Å²) in [5.74, 6) is -0.0255. The first-order valence-electron chi connectivity index (χ1n) is 11.3. The molecule has 2 aromatic rings. The summed E-state index contributed by atoms with van der Waals surface area (Å²) in [7, 11) is 0. The van der Waals surface area contributed by atoms with Crippen LogP contribution in [-0.4, -0.2) is 76.1 Å². The summed E-state index contributed by atoms with van der Waals surface area (Å²) in [6.45, 7) is 5.70. The third kappa shape index (κ3) is 5.87. The zero-order valence-corrected chi connectivity index (χ0v) is 19.2. The molecule has 0 aliphatic carbocycles. The van der Waals surface area contributed by atoms with Gasteiger partial charge in [-0.15, -0.1) is 0 Å². The van der Waals surface area contributed by atoms with Crippen LogP contribution >= 0.6 is 0 Å². The number of ether oxygens (including phenoxy) is 1. The van der Waals surface area contributed by atoms with Crippen molar-refractivity contribution in [2.75, 3.05) is 39.4 Å². The number of alkyl halides is 3. The van der Waals surface area contributed by atoms with Crippen molar-refractivity contribution in [3.63, 3.8) is 0 Å². The number of aromatic nitrogens is 2. The Morgan fingerprint density at radius 2 is 1.85 bits per heavy atom. The summed E-state index contributed by atoms with van der Waals surface area (Å²) in [4.78, 5) is 21.0. The molecule has 34 heavy (non-hydrogen) atoms. The van der Waals surface area contributed by atoms with Crippen LogP contribution in [0.25, 0.3) is 0 Å². The maximum absolute atomic E-state index is 13.3. The van der Waals surface area contributed by atoms with Gasteiger partial charge in [0.25, 0.3) is 0 Å². The number of piperidine rings is 1. The Labute approximate surface area is 195 Å². The van der Waals surface area contributed by atoms with Crippen molar-refractivity contribution >= 4 is 6.03 Å². The maximum Gasteiger partial charge on any atom is 0.416 e. The van der Waals surface area contributed by atoms with E-state index in [1.165, 1.54) is 6.07 Å². The van der Waals surface area contributed by atoms with Gasteiger partial charge in [-0.2, -0.15) is 18.2 Å². The zero-order chi connectivity index (χ0) is 24.5. The summed E-state index contributed by atoms with van der Waals surface area (Å²) in [6.07, 6.45) is -3.80. The van der Waals surface area contributed by atoms with Crippen LogP contribution in [0.2, 0.25) is 0 Å². The van der Waals surface area contributed by atoms with E-state index in [0.29, 0.717) is 63.1 Å². The second-order valence-electron chi connectivity index (χ2n) is 9.58. The lowest BCUT2D eigenvalue weighted by molar-refractivity contribution is -0.137. The number of morpholine rings is 1. The van der Waals surface area contributed by atoms with Crippen molar-refractivity contribution in [3.05, 3.63) is 47.1 Å². The van der Waals surface area contributed by atoms with Gasteiger partial charge < -0.3 is 24.2 Å². The molecule has 0 bridgehead atoms. The number of rotatable bonds is 4. The molecule has 0 radical (unpaired) electrons. The van der Waals surface area contributed by atoms with Crippen molar-refractivity contribution in [2.45, 2.75) is 50.3 Å². The molecule has 2 aliphatic heterocycles. The molecule has 186 valence electrons. The summed E-state index contributed by atoms with van der Waals surface area (Å²) >= 11 is 0. The minimum Gasteiger partial charge on any atom is -0.390 e. The predicted molar refractivity (Wildman–Crippen MR) is 115 cm³/mol. The highest BCUT2D eigenvalue weighted by molar-refractivity contribution is 5.75. The van der Waals surface area contributed by atoms with Crippen molar-refractivity contribution in [3.8, 4) is 0 Å². The third-order valence-corrected chi connectivity index (χ3v) is 6.11. The molecular weight excluding hydrogens is 453 g/mol. The molecule has 3 heterocycles. The number of nitrogens with zero attached hydrogens (tertiary/aromatic N) is 4. The van der Waals surface area contributed by atoms with E-state index in [1.54, 1.807) is 29.7 Å². The average molecular weight is 483 g/mol. The van der Waals surface area contributed by atoms with E-state index >= 15 is 0 Å². The van der Waals surface area contributed by atoms with Gasteiger partial charge in [-0.05, 0) is 31.9 Å². The average Bonchev–Trinajstić information content (AvgIpc) is 3.25. The molecule has 2 amide bonds. The van der Waals surface area contributed by atoms with Gasteiger partial charge in [0.05, 0.1) is 30.3 Å². The normalized spacial score (nSPS) is 22.2. The van der Waals surface area contributed by atoms with E-state index in [4.69, 9.17) is 9.26 Å². The minimum atomic E-state index is -4.45. The molecule has 2 unspecified atom stereocenters. The monoisotopic (exact) mass is 482 g/mol. The van der Waals surface area contributed by atoms with Crippen LogP contribution in [0.1, 0.15) is 54.9 Å². The molecule has 4 rings (SSSR count). The lowest BCUT2D eigenvalue weighted by atomic mass is 9.84. The number of likely N-dealkylation sites (tertiary alicyclic amines) is 1. The molecule has 0 spiro atoms. The van der Waals surface area contributed by atoms with Crippen LogP contribution in [-0.2, 0) is 17.3 Å². The van der Waals surface area contributed by atoms with Crippen LogP contribution in [0, 0.1) is 0 Å². The molecule has 1 aromatic carbocycles. The van der Waals surface area contributed by atoms with Gasteiger partial charge in [-0.25, -0.2) is 4.79 Å². The van der Waals surface area contributed by atoms with E-state index < -0.39 is 17.3 Å². The fourth-order valence-electron chi connectivity index (χ4n) is 4.49. The predicted octanol–water partition coefficient (Wildman–Crippen LogP) is 3.43. The number of carbonyl (C=O) groups excluding carboxylic acids is 1. The second-order valence-corrected chi connectivity index (χ2v) is 9.58. The lowest BCUT2D eigenvalue weighted by Crippen LogP contribution is -2.52. The highest BCUT2D eigenvalue weighted by Crippen LogP contribution is 2.38. The SMILES string of the molecule is CC(C)(O)Cc1noc(C2CC(c3cccc(C(F)(F)F)c3)CN(C(=O)N3CCOCC3)C2)n1. The minimum absolute atomic E-state index is 0.179. The van der Waals surface area contributed by atoms with Crippen molar-refractivity contribution in [1.82, 2.24) is 19.9 Å². The first-order chi connectivity index (χ1) is 16.0. The van der Waals surface area contributed by atoms with Crippen LogP contribution in [0.15, 0.2) is 28.8 Å². The number of hydrogen-bond donors (Lipinski definition) is 1.